The third kappa shape index (κ3) is 3.38. The predicted molar refractivity (Wildman–Crippen MR) is 90.7 cm³/mol. The summed E-state index contributed by atoms with van der Waals surface area (Å²) in [6.45, 7) is 6.86. The van der Waals surface area contributed by atoms with Crippen LogP contribution in [0.25, 0.3) is 10.9 Å². The van der Waals surface area contributed by atoms with Gasteiger partial charge in [0.1, 0.15) is 6.10 Å². The summed E-state index contributed by atoms with van der Waals surface area (Å²) in [5.74, 6) is 0.630. The number of fused-ring (bicyclic) bond motifs is 1. The molecule has 122 valence electrons. The highest BCUT2D eigenvalue weighted by Crippen LogP contribution is 2.20. The Balaban J connectivity index is 1.64. The van der Waals surface area contributed by atoms with Gasteiger partial charge in [-0.15, -0.1) is 0 Å². The lowest BCUT2D eigenvalue weighted by Gasteiger charge is -2.25. The van der Waals surface area contributed by atoms with Crippen LogP contribution in [0.1, 0.15) is 20.3 Å². The van der Waals surface area contributed by atoms with Crippen LogP contribution >= 0.6 is 0 Å². The van der Waals surface area contributed by atoms with Crippen LogP contribution in [-0.2, 0) is 0 Å². The van der Waals surface area contributed by atoms with E-state index in [4.69, 9.17) is 4.74 Å². The molecule has 1 atom stereocenters. The van der Waals surface area contributed by atoms with E-state index in [2.05, 4.69) is 4.98 Å². The molecule has 1 fully saturated rings. The van der Waals surface area contributed by atoms with Crippen molar-refractivity contribution in [2.75, 3.05) is 26.2 Å². The number of nitrogens with zero attached hydrogens (tertiary/aromatic N) is 3. The van der Waals surface area contributed by atoms with E-state index in [-0.39, 0.29) is 12.1 Å². The number of hydrogen-bond acceptors (Lipinski definition) is 3. The maximum Gasteiger partial charge on any atom is 0.320 e. The van der Waals surface area contributed by atoms with Gasteiger partial charge in [0.05, 0.1) is 12.1 Å². The molecule has 23 heavy (non-hydrogen) atoms. The van der Waals surface area contributed by atoms with Gasteiger partial charge in [0.2, 0.25) is 5.88 Å². The highest BCUT2D eigenvalue weighted by atomic mass is 16.5. The standard InChI is InChI=1S/C18H23N3O2/c1-3-20(4-2)18(22)21-12-11-15(13-21)23-17-10-9-14-7-5-6-8-16(14)19-17/h5-10,15H,3-4,11-13H2,1-2H3. The van der Waals surface area contributed by atoms with Crippen LogP contribution in [0.15, 0.2) is 36.4 Å². The van der Waals surface area contributed by atoms with Crippen molar-refractivity contribution >= 4 is 16.9 Å². The van der Waals surface area contributed by atoms with Crippen molar-refractivity contribution < 1.29 is 9.53 Å². The second-order valence-corrected chi connectivity index (χ2v) is 5.77. The van der Waals surface area contributed by atoms with Gasteiger partial charge in [0.25, 0.3) is 0 Å². The normalized spacial score (nSPS) is 17.5. The first-order chi connectivity index (χ1) is 11.2. The highest BCUT2D eigenvalue weighted by molar-refractivity contribution is 5.78. The Hall–Kier alpha value is -2.30. The lowest BCUT2D eigenvalue weighted by molar-refractivity contribution is 0.155. The Bertz CT molecular complexity index is 685. The fourth-order valence-corrected chi connectivity index (χ4v) is 2.98. The molecule has 0 spiro atoms. The number of hydrogen-bond donors (Lipinski definition) is 0. The molecule has 1 aromatic carbocycles. The van der Waals surface area contributed by atoms with Gasteiger partial charge in [-0.25, -0.2) is 9.78 Å². The van der Waals surface area contributed by atoms with E-state index in [9.17, 15) is 4.79 Å². The molecule has 5 heteroatoms. The number of benzene rings is 1. The van der Waals surface area contributed by atoms with Crippen molar-refractivity contribution in [1.82, 2.24) is 14.8 Å². The average Bonchev–Trinajstić information content (AvgIpc) is 3.04. The first kappa shape index (κ1) is 15.6. The Morgan fingerprint density at radius 2 is 2.04 bits per heavy atom. The van der Waals surface area contributed by atoms with Gasteiger partial charge in [-0.2, -0.15) is 0 Å². The summed E-state index contributed by atoms with van der Waals surface area (Å²) in [6.07, 6.45) is 0.866. The quantitative estimate of drug-likeness (QED) is 0.871. The predicted octanol–water partition coefficient (Wildman–Crippen LogP) is 3.15. The second-order valence-electron chi connectivity index (χ2n) is 5.77. The lowest BCUT2D eigenvalue weighted by Crippen LogP contribution is -2.42. The first-order valence-electron chi connectivity index (χ1n) is 8.27. The fourth-order valence-electron chi connectivity index (χ4n) is 2.98. The number of rotatable bonds is 4. The Labute approximate surface area is 136 Å². The minimum atomic E-state index is 0.0168. The molecule has 2 heterocycles. The van der Waals surface area contributed by atoms with Gasteiger partial charge in [-0.3, -0.25) is 0 Å². The topological polar surface area (TPSA) is 45.7 Å². The molecule has 1 saturated heterocycles. The highest BCUT2D eigenvalue weighted by Gasteiger charge is 2.29. The van der Waals surface area contributed by atoms with Crippen molar-refractivity contribution in [3.05, 3.63) is 36.4 Å². The second kappa shape index (κ2) is 6.86. The third-order valence-electron chi connectivity index (χ3n) is 4.31. The fraction of sp³-hybridized carbons (Fsp3) is 0.444. The summed E-state index contributed by atoms with van der Waals surface area (Å²) in [5, 5.41) is 1.10. The molecular weight excluding hydrogens is 290 g/mol. The van der Waals surface area contributed by atoms with E-state index in [1.165, 1.54) is 0 Å². The molecule has 5 nitrogen and oxygen atoms in total. The molecule has 0 radical (unpaired) electrons. The van der Waals surface area contributed by atoms with Crippen LogP contribution in [0.5, 0.6) is 5.88 Å². The number of aromatic nitrogens is 1. The number of pyridine rings is 1. The number of urea groups is 1. The Morgan fingerprint density at radius 1 is 1.26 bits per heavy atom. The van der Waals surface area contributed by atoms with E-state index in [1.807, 2.05) is 60.0 Å². The number of likely N-dealkylation sites (tertiary alicyclic amines) is 1. The average molecular weight is 313 g/mol. The van der Waals surface area contributed by atoms with Crippen molar-refractivity contribution in [3.8, 4) is 5.88 Å². The van der Waals surface area contributed by atoms with Crippen molar-refractivity contribution in [3.63, 3.8) is 0 Å². The van der Waals surface area contributed by atoms with Crippen LogP contribution < -0.4 is 4.74 Å². The minimum absolute atomic E-state index is 0.0168. The van der Waals surface area contributed by atoms with Crippen LogP contribution in [-0.4, -0.2) is 53.1 Å². The number of amides is 2. The minimum Gasteiger partial charge on any atom is -0.472 e. The van der Waals surface area contributed by atoms with E-state index in [0.29, 0.717) is 12.4 Å². The third-order valence-corrected chi connectivity index (χ3v) is 4.31. The summed E-state index contributed by atoms with van der Waals surface area (Å²) in [5.41, 5.74) is 0.930. The maximum absolute atomic E-state index is 12.4. The molecular formula is C18H23N3O2. The van der Waals surface area contributed by atoms with E-state index in [0.717, 1.165) is 37.0 Å². The smallest absolute Gasteiger partial charge is 0.320 e. The Kier molecular flexibility index (Phi) is 4.65. The zero-order valence-electron chi connectivity index (χ0n) is 13.7. The summed E-state index contributed by atoms with van der Waals surface area (Å²) >= 11 is 0. The lowest BCUT2D eigenvalue weighted by atomic mass is 10.2. The largest absolute Gasteiger partial charge is 0.472 e. The zero-order chi connectivity index (χ0) is 16.2. The van der Waals surface area contributed by atoms with E-state index in [1.54, 1.807) is 0 Å². The van der Waals surface area contributed by atoms with Crippen molar-refractivity contribution in [2.24, 2.45) is 0 Å². The summed E-state index contributed by atoms with van der Waals surface area (Å²) in [7, 11) is 0. The SMILES string of the molecule is CCN(CC)C(=O)N1CCC(Oc2ccc3ccccc3n2)C1. The van der Waals surface area contributed by atoms with Gasteiger partial charge < -0.3 is 14.5 Å². The molecule has 2 amide bonds. The molecule has 1 aliphatic heterocycles. The molecule has 1 aromatic heterocycles. The van der Waals surface area contributed by atoms with Gasteiger partial charge in [0.15, 0.2) is 0 Å². The molecule has 0 N–H and O–H groups in total. The molecule has 0 saturated carbocycles. The number of carbonyl (C=O) groups is 1. The molecule has 1 aliphatic rings. The van der Waals surface area contributed by atoms with Crippen molar-refractivity contribution in [1.29, 1.82) is 0 Å². The molecule has 0 bridgehead atoms. The van der Waals surface area contributed by atoms with Gasteiger partial charge in [-0.1, -0.05) is 18.2 Å². The molecule has 0 aliphatic carbocycles. The summed E-state index contributed by atoms with van der Waals surface area (Å²) < 4.78 is 5.99. The first-order valence-corrected chi connectivity index (χ1v) is 8.27. The van der Waals surface area contributed by atoms with E-state index >= 15 is 0 Å². The maximum atomic E-state index is 12.4. The molecule has 3 rings (SSSR count). The van der Waals surface area contributed by atoms with Gasteiger partial charge in [-0.05, 0) is 26.0 Å². The van der Waals surface area contributed by atoms with Crippen molar-refractivity contribution in [2.45, 2.75) is 26.4 Å². The number of carbonyl (C=O) groups excluding carboxylic acids is 1. The molecule has 1 unspecified atom stereocenters. The summed E-state index contributed by atoms with van der Waals surface area (Å²) in [6, 6.07) is 12.0. The zero-order valence-corrected chi connectivity index (χ0v) is 13.7. The Morgan fingerprint density at radius 3 is 2.83 bits per heavy atom. The van der Waals surface area contributed by atoms with Crippen LogP contribution in [0.2, 0.25) is 0 Å². The van der Waals surface area contributed by atoms with Crippen LogP contribution in [0.4, 0.5) is 4.79 Å². The van der Waals surface area contributed by atoms with Crippen LogP contribution in [0.3, 0.4) is 0 Å². The number of ether oxygens (including phenoxy) is 1. The van der Waals surface area contributed by atoms with Gasteiger partial charge >= 0.3 is 6.03 Å². The number of para-hydroxylation sites is 1. The monoisotopic (exact) mass is 313 g/mol. The van der Waals surface area contributed by atoms with Gasteiger partial charge in [0, 0.05) is 37.5 Å². The summed E-state index contributed by atoms with van der Waals surface area (Å²) in [4.78, 5) is 20.6. The van der Waals surface area contributed by atoms with Crippen LogP contribution in [0, 0.1) is 0 Å². The van der Waals surface area contributed by atoms with E-state index < -0.39 is 0 Å². The molecule has 2 aromatic rings.